The van der Waals surface area contributed by atoms with E-state index >= 15 is 0 Å². The lowest BCUT2D eigenvalue weighted by molar-refractivity contribution is 0.0544. The third-order valence-corrected chi connectivity index (χ3v) is 4.63. The van der Waals surface area contributed by atoms with E-state index in [4.69, 9.17) is 11.3 Å². The van der Waals surface area contributed by atoms with Crippen molar-refractivity contribution >= 4 is 28.9 Å². The number of carbonyl (C=O) groups excluding carboxylic acids is 2. The summed E-state index contributed by atoms with van der Waals surface area (Å²) in [5, 5.41) is 13.0. The molecule has 0 saturated heterocycles. The second-order valence-electron chi connectivity index (χ2n) is 7.97. The van der Waals surface area contributed by atoms with Gasteiger partial charge in [0, 0.05) is 6.20 Å². The van der Waals surface area contributed by atoms with Gasteiger partial charge in [0.1, 0.15) is 16.7 Å². The number of ether oxygens (including phenoxy) is 1. The molecular weight excluding hydrogens is 360 g/mol. The van der Waals surface area contributed by atoms with Gasteiger partial charge in [-0.3, -0.25) is 4.79 Å². The third kappa shape index (κ3) is 4.15. The highest BCUT2D eigenvalue weighted by atomic mass is 16.6. The van der Waals surface area contributed by atoms with E-state index in [2.05, 4.69) is 15.1 Å². The standard InChI is InChI=1S/C20H24N4O4/c1-20(2,3)28-19(27)24-11-12(17-14(24)9-10-16(21-4)23-17)18(26)22-13-7-5-6-8-15(13)25/h9-11,13,15,25H,5-8H2,1-3H3,(H,22,26)/t13-,15-/m0/s1. The smallest absolute Gasteiger partial charge is 0.419 e. The second-order valence-corrected chi connectivity index (χ2v) is 7.97. The van der Waals surface area contributed by atoms with Crippen LogP contribution in [0.25, 0.3) is 15.9 Å². The predicted octanol–water partition coefficient (Wildman–Crippen LogP) is 3.40. The zero-order valence-electron chi connectivity index (χ0n) is 16.2. The number of aromatic nitrogens is 2. The third-order valence-electron chi connectivity index (χ3n) is 4.63. The van der Waals surface area contributed by atoms with Crippen LogP contribution in [0.15, 0.2) is 18.3 Å². The summed E-state index contributed by atoms with van der Waals surface area (Å²) in [6, 6.07) is 2.72. The van der Waals surface area contributed by atoms with E-state index in [-0.39, 0.29) is 22.9 Å². The zero-order chi connectivity index (χ0) is 20.5. The summed E-state index contributed by atoms with van der Waals surface area (Å²) in [5.74, 6) is -0.311. The Morgan fingerprint density at radius 3 is 2.68 bits per heavy atom. The quantitative estimate of drug-likeness (QED) is 0.774. The van der Waals surface area contributed by atoms with Crippen LogP contribution in [0.2, 0.25) is 0 Å². The Kier molecular flexibility index (Phi) is 5.38. The molecule has 28 heavy (non-hydrogen) atoms. The zero-order valence-corrected chi connectivity index (χ0v) is 16.2. The Hall–Kier alpha value is -2.92. The van der Waals surface area contributed by atoms with E-state index < -0.39 is 23.7 Å². The molecule has 8 heteroatoms. The average Bonchev–Trinajstić information content (AvgIpc) is 3.01. The molecule has 1 amide bonds. The number of hydrogen-bond donors (Lipinski definition) is 2. The number of aliphatic hydroxyl groups is 1. The molecule has 148 valence electrons. The molecule has 2 aromatic rings. The minimum absolute atomic E-state index is 0.126. The number of amides is 1. The lowest BCUT2D eigenvalue weighted by Gasteiger charge is -2.28. The maximum atomic E-state index is 12.9. The Bertz CT molecular complexity index is 951. The number of rotatable bonds is 2. The number of pyridine rings is 1. The van der Waals surface area contributed by atoms with Gasteiger partial charge in [0.15, 0.2) is 5.52 Å². The topological polar surface area (TPSA) is 97.8 Å². The maximum absolute atomic E-state index is 12.9. The Balaban J connectivity index is 1.99. The predicted molar refractivity (Wildman–Crippen MR) is 103 cm³/mol. The molecule has 8 nitrogen and oxygen atoms in total. The lowest BCUT2D eigenvalue weighted by atomic mass is 9.92. The summed E-state index contributed by atoms with van der Waals surface area (Å²) in [6.07, 6.45) is 3.35. The lowest BCUT2D eigenvalue weighted by Crippen LogP contribution is -2.45. The van der Waals surface area contributed by atoms with Crippen LogP contribution in [0.5, 0.6) is 0 Å². The van der Waals surface area contributed by atoms with Crippen LogP contribution in [0.4, 0.5) is 10.6 Å². The molecule has 0 radical (unpaired) electrons. The molecule has 0 aromatic carbocycles. The van der Waals surface area contributed by atoms with E-state index in [1.54, 1.807) is 26.8 Å². The number of hydrogen-bond acceptors (Lipinski definition) is 5. The molecule has 2 aromatic heterocycles. The largest absolute Gasteiger partial charge is 0.443 e. The van der Waals surface area contributed by atoms with Crippen molar-refractivity contribution < 1.29 is 19.4 Å². The molecule has 2 N–H and O–H groups in total. The molecule has 0 spiro atoms. The van der Waals surface area contributed by atoms with Gasteiger partial charge in [0.2, 0.25) is 0 Å². The van der Waals surface area contributed by atoms with Crippen LogP contribution < -0.4 is 5.32 Å². The van der Waals surface area contributed by atoms with Crippen LogP contribution in [0.3, 0.4) is 0 Å². The van der Waals surface area contributed by atoms with Crippen LogP contribution >= 0.6 is 0 Å². The number of aliphatic hydroxyl groups excluding tert-OH is 1. The number of fused-ring (bicyclic) bond motifs is 1. The summed E-state index contributed by atoms with van der Waals surface area (Å²) >= 11 is 0. The van der Waals surface area contributed by atoms with Gasteiger partial charge >= 0.3 is 6.09 Å². The highest BCUT2D eigenvalue weighted by Crippen LogP contribution is 2.25. The normalized spacial score (nSPS) is 19.8. The molecule has 2 atom stereocenters. The number of nitrogens with one attached hydrogen (secondary N) is 1. The number of nitrogens with zero attached hydrogens (tertiary/aromatic N) is 3. The first-order chi connectivity index (χ1) is 13.2. The van der Waals surface area contributed by atoms with Gasteiger partial charge < -0.3 is 20.0 Å². The van der Waals surface area contributed by atoms with Crippen LogP contribution in [-0.4, -0.2) is 44.4 Å². The van der Waals surface area contributed by atoms with Gasteiger partial charge in [0.25, 0.3) is 11.7 Å². The van der Waals surface area contributed by atoms with E-state index in [1.807, 2.05) is 0 Å². The van der Waals surface area contributed by atoms with Gasteiger partial charge in [-0.05, 0) is 45.7 Å². The Labute approximate surface area is 163 Å². The summed E-state index contributed by atoms with van der Waals surface area (Å²) in [6.45, 7) is 12.4. The summed E-state index contributed by atoms with van der Waals surface area (Å²) in [4.78, 5) is 33.0. The minimum Gasteiger partial charge on any atom is -0.443 e. The summed E-state index contributed by atoms with van der Waals surface area (Å²) in [5.41, 5.74) is 0.105. The molecule has 2 heterocycles. The monoisotopic (exact) mass is 384 g/mol. The van der Waals surface area contributed by atoms with Crippen LogP contribution in [-0.2, 0) is 4.74 Å². The first-order valence-electron chi connectivity index (χ1n) is 9.31. The second kappa shape index (κ2) is 7.60. The van der Waals surface area contributed by atoms with E-state index in [1.165, 1.54) is 16.8 Å². The van der Waals surface area contributed by atoms with Gasteiger partial charge in [-0.15, -0.1) is 4.98 Å². The highest BCUT2D eigenvalue weighted by molar-refractivity contribution is 6.07. The van der Waals surface area contributed by atoms with Crippen molar-refractivity contribution in [1.29, 1.82) is 0 Å². The summed E-state index contributed by atoms with van der Waals surface area (Å²) in [7, 11) is 0. The van der Waals surface area contributed by atoms with Crippen LogP contribution in [0, 0.1) is 6.57 Å². The first kappa shape index (κ1) is 19.8. The van der Waals surface area contributed by atoms with Crippen molar-refractivity contribution in [2.45, 2.75) is 64.2 Å². The maximum Gasteiger partial charge on any atom is 0.419 e. The number of carbonyl (C=O) groups is 2. The van der Waals surface area contributed by atoms with Crippen molar-refractivity contribution in [3.8, 4) is 0 Å². The molecule has 0 aliphatic heterocycles. The van der Waals surface area contributed by atoms with Crippen molar-refractivity contribution in [1.82, 2.24) is 14.9 Å². The fourth-order valence-corrected chi connectivity index (χ4v) is 3.31. The fraction of sp³-hybridized carbons (Fsp3) is 0.500. The van der Waals surface area contributed by atoms with Gasteiger partial charge in [0.05, 0.1) is 12.1 Å². The van der Waals surface area contributed by atoms with Crippen LogP contribution in [0.1, 0.15) is 56.8 Å². The van der Waals surface area contributed by atoms with Crippen molar-refractivity contribution in [3.05, 3.63) is 35.3 Å². The molecule has 1 fully saturated rings. The summed E-state index contributed by atoms with van der Waals surface area (Å²) < 4.78 is 6.64. The van der Waals surface area contributed by atoms with E-state index in [9.17, 15) is 14.7 Å². The molecule has 0 unspecified atom stereocenters. The van der Waals surface area contributed by atoms with Gasteiger partial charge in [-0.25, -0.2) is 9.36 Å². The van der Waals surface area contributed by atoms with E-state index in [0.29, 0.717) is 18.4 Å². The molecular formula is C20H24N4O4. The van der Waals surface area contributed by atoms with Crippen molar-refractivity contribution in [3.63, 3.8) is 0 Å². The van der Waals surface area contributed by atoms with Crippen molar-refractivity contribution in [2.24, 2.45) is 0 Å². The molecule has 3 rings (SSSR count). The van der Waals surface area contributed by atoms with Gasteiger partial charge in [-0.1, -0.05) is 19.4 Å². The highest BCUT2D eigenvalue weighted by Gasteiger charge is 2.29. The minimum atomic E-state index is -0.702. The van der Waals surface area contributed by atoms with E-state index in [0.717, 1.165) is 12.8 Å². The molecule has 1 saturated carbocycles. The SMILES string of the molecule is [C-]#[N+]c1ccc2c(n1)c(C(=O)N[C@H]1CCCC[C@@H]1O)cn2C(=O)OC(C)(C)C. The Morgan fingerprint density at radius 2 is 2.04 bits per heavy atom. The van der Waals surface area contributed by atoms with Gasteiger partial charge in [-0.2, -0.15) is 0 Å². The molecule has 0 bridgehead atoms. The average molecular weight is 384 g/mol. The molecule has 1 aliphatic carbocycles. The molecule has 1 aliphatic rings. The Morgan fingerprint density at radius 1 is 1.32 bits per heavy atom. The van der Waals surface area contributed by atoms with Crippen molar-refractivity contribution in [2.75, 3.05) is 0 Å². The first-order valence-corrected chi connectivity index (χ1v) is 9.31. The fourth-order valence-electron chi connectivity index (χ4n) is 3.31.